The van der Waals surface area contributed by atoms with Crippen LogP contribution in [-0.2, 0) is 26.4 Å². The Bertz CT molecular complexity index is 618. The van der Waals surface area contributed by atoms with Crippen LogP contribution < -0.4 is 5.73 Å². The summed E-state index contributed by atoms with van der Waals surface area (Å²) in [4.78, 5) is 0. The van der Waals surface area contributed by atoms with Gasteiger partial charge in [-0.25, -0.2) is 16.8 Å². The van der Waals surface area contributed by atoms with Gasteiger partial charge < -0.3 is 10.2 Å². The summed E-state index contributed by atoms with van der Waals surface area (Å²) in [5.41, 5.74) is 5.34. The molecule has 0 unspecified atom stereocenters. The van der Waals surface area contributed by atoms with Gasteiger partial charge in [0, 0.05) is 13.1 Å². The number of rotatable bonds is 3. The second-order valence-electron chi connectivity index (χ2n) is 3.98. The van der Waals surface area contributed by atoms with Crippen molar-refractivity contribution in [1.29, 1.82) is 0 Å². The Kier molecular flexibility index (Phi) is 3.49. The number of furan rings is 1. The van der Waals surface area contributed by atoms with Gasteiger partial charge >= 0.3 is 0 Å². The first-order chi connectivity index (χ1) is 8.35. The Morgan fingerprint density at radius 3 is 2.39 bits per heavy atom. The van der Waals surface area contributed by atoms with Crippen LogP contribution in [0.15, 0.2) is 21.6 Å². The molecule has 0 atom stereocenters. The van der Waals surface area contributed by atoms with Crippen molar-refractivity contribution >= 4 is 19.9 Å². The highest BCUT2D eigenvalue weighted by Crippen LogP contribution is 2.20. The lowest BCUT2D eigenvalue weighted by Crippen LogP contribution is -2.43. The fraction of sp³-hybridized carbons (Fsp3) is 0.556. The third kappa shape index (κ3) is 2.58. The summed E-state index contributed by atoms with van der Waals surface area (Å²) in [5, 5.41) is -0.192. The van der Waals surface area contributed by atoms with E-state index in [2.05, 4.69) is 0 Å². The van der Waals surface area contributed by atoms with Crippen LogP contribution in [0.4, 0.5) is 0 Å². The zero-order chi connectivity index (χ0) is 13.4. The largest absolute Gasteiger partial charge is 0.447 e. The molecule has 102 valence electrons. The van der Waals surface area contributed by atoms with E-state index in [0.29, 0.717) is 5.76 Å². The zero-order valence-corrected chi connectivity index (χ0v) is 11.2. The Hall–Kier alpha value is -0.900. The SMILES string of the molecule is NCc1ccc(S(=O)(=O)N2CCS(=O)(=O)CC2)o1. The number of hydrogen-bond donors (Lipinski definition) is 1. The first-order valence-corrected chi connectivity index (χ1v) is 8.61. The van der Waals surface area contributed by atoms with Crippen molar-refractivity contribution in [1.82, 2.24) is 4.31 Å². The van der Waals surface area contributed by atoms with Crippen molar-refractivity contribution in [2.45, 2.75) is 11.6 Å². The van der Waals surface area contributed by atoms with Crippen LogP contribution in [0.2, 0.25) is 0 Å². The molecular formula is C9H14N2O5S2. The summed E-state index contributed by atoms with van der Waals surface area (Å²) in [6.07, 6.45) is 0. The molecule has 18 heavy (non-hydrogen) atoms. The molecule has 0 aliphatic carbocycles. The van der Waals surface area contributed by atoms with Crippen LogP contribution in [0.5, 0.6) is 0 Å². The van der Waals surface area contributed by atoms with E-state index in [4.69, 9.17) is 10.2 Å². The molecule has 0 bridgehead atoms. The van der Waals surface area contributed by atoms with Crippen LogP contribution in [0.25, 0.3) is 0 Å². The molecular weight excluding hydrogens is 280 g/mol. The quantitative estimate of drug-likeness (QED) is 0.778. The zero-order valence-electron chi connectivity index (χ0n) is 9.57. The molecule has 0 amide bonds. The minimum atomic E-state index is -3.75. The van der Waals surface area contributed by atoms with E-state index in [1.807, 2.05) is 0 Å². The Morgan fingerprint density at radius 1 is 1.28 bits per heavy atom. The predicted molar refractivity (Wildman–Crippen MR) is 64.0 cm³/mol. The van der Waals surface area contributed by atoms with E-state index < -0.39 is 19.9 Å². The molecule has 9 heteroatoms. The number of sulfone groups is 1. The average Bonchev–Trinajstić information content (AvgIpc) is 2.77. The van der Waals surface area contributed by atoms with Gasteiger partial charge in [-0.3, -0.25) is 0 Å². The summed E-state index contributed by atoms with van der Waals surface area (Å²) in [6.45, 7) is 0.0382. The lowest BCUT2D eigenvalue weighted by atomic mass is 10.5. The van der Waals surface area contributed by atoms with Gasteiger partial charge in [0.25, 0.3) is 10.0 Å². The fourth-order valence-electron chi connectivity index (χ4n) is 1.67. The molecule has 1 aromatic heterocycles. The maximum atomic E-state index is 12.1. The molecule has 2 N–H and O–H groups in total. The molecule has 0 spiro atoms. The topological polar surface area (TPSA) is 111 Å². The van der Waals surface area contributed by atoms with Crippen LogP contribution >= 0.6 is 0 Å². The normalized spacial score (nSPS) is 20.9. The van der Waals surface area contributed by atoms with Gasteiger partial charge in [-0.05, 0) is 12.1 Å². The molecule has 1 aromatic rings. The maximum Gasteiger partial charge on any atom is 0.276 e. The first-order valence-electron chi connectivity index (χ1n) is 5.34. The summed E-state index contributed by atoms with van der Waals surface area (Å²) in [6, 6.07) is 2.83. The summed E-state index contributed by atoms with van der Waals surface area (Å²) < 4.78 is 53.0. The summed E-state index contributed by atoms with van der Waals surface area (Å²) in [7, 11) is -6.87. The van der Waals surface area contributed by atoms with E-state index >= 15 is 0 Å². The maximum absolute atomic E-state index is 12.1. The second kappa shape index (κ2) is 4.65. The van der Waals surface area contributed by atoms with E-state index in [1.54, 1.807) is 0 Å². The van der Waals surface area contributed by atoms with Crippen molar-refractivity contribution in [3.05, 3.63) is 17.9 Å². The highest BCUT2D eigenvalue weighted by atomic mass is 32.2. The summed E-state index contributed by atoms with van der Waals surface area (Å²) in [5.74, 6) is 0.0612. The highest BCUT2D eigenvalue weighted by Gasteiger charge is 2.33. The molecule has 0 radical (unpaired) electrons. The number of nitrogens with two attached hydrogens (primary N) is 1. The van der Waals surface area contributed by atoms with Crippen LogP contribution in [0.1, 0.15) is 5.76 Å². The molecule has 0 aromatic carbocycles. The van der Waals surface area contributed by atoms with Crippen molar-refractivity contribution in [3.63, 3.8) is 0 Å². The summed E-state index contributed by atoms with van der Waals surface area (Å²) >= 11 is 0. The minimum absolute atomic E-state index is 0.0384. The molecule has 1 aliphatic heterocycles. The van der Waals surface area contributed by atoms with Crippen LogP contribution in [0, 0.1) is 0 Å². The number of hydrogen-bond acceptors (Lipinski definition) is 6. The van der Waals surface area contributed by atoms with E-state index in [1.165, 1.54) is 12.1 Å². The molecule has 7 nitrogen and oxygen atoms in total. The van der Waals surface area contributed by atoms with Crippen molar-refractivity contribution in [2.75, 3.05) is 24.6 Å². The van der Waals surface area contributed by atoms with E-state index in [-0.39, 0.29) is 36.2 Å². The monoisotopic (exact) mass is 294 g/mol. The smallest absolute Gasteiger partial charge is 0.276 e. The lowest BCUT2D eigenvalue weighted by molar-refractivity contribution is 0.376. The molecule has 1 fully saturated rings. The van der Waals surface area contributed by atoms with Gasteiger partial charge in [-0.1, -0.05) is 0 Å². The van der Waals surface area contributed by atoms with E-state index in [9.17, 15) is 16.8 Å². The fourth-order valence-corrected chi connectivity index (χ4v) is 4.47. The Labute approximate surface area is 106 Å². The standard InChI is InChI=1S/C9H14N2O5S2/c10-7-8-1-2-9(16-8)18(14,15)11-3-5-17(12,13)6-4-11/h1-2H,3-7,10H2. The molecule has 2 rings (SSSR count). The van der Waals surface area contributed by atoms with Gasteiger partial charge in [-0.2, -0.15) is 4.31 Å². The van der Waals surface area contributed by atoms with Crippen molar-refractivity contribution in [3.8, 4) is 0 Å². The van der Waals surface area contributed by atoms with Gasteiger partial charge in [0.15, 0.2) is 9.84 Å². The van der Waals surface area contributed by atoms with Gasteiger partial charge in [0.05, 0.1) is 18.1 Å². The third-order valence-corrected chi connectivity index (χ3v) is 6.12. The van der Waals surface area contributed by atoms with Gasteiger partial charge in [-0.15, -0.1) is 0 Å². The van der Waals surface area contributed by atoms with Crippen molar-refractivity contribution in [2.24, 2.45) is 5.73 Å². The Balaban J connectivity index is 2.22. The van der Waals surface area contributed by atoms with Gasteiger partial charge in [0.2, 0.25) is 5.09 Å². The molecule has 1 aliphatic rings. The van der Waals surface area contributed by atoms with Crippen LogP contribution in [0.3, 0.4) is 0 Å². The molecule has 0 saturated carbocycles. The molecule has 1 saturated heterocycles. The lowest BCUT2D eigenvalue weighted by Gasteiger charge is -2.24. The predicted octanol–water partition coefficient (Wildman–Crippen LogP) is -0.843. The molecule has 2 heterocycles. The number of sulfonamides is 1. The van der Waals surface area contributed by atoms with E-state index in [0.717, 1.165) is 4.31 Å². The Morgan fingerprint density at radius 2 is 1.89 bits per heavy atom. The minimum Gasteiger partial charge on any atom is -0.447 e. The first kappa shape index (κ1) is 13.5. The highest BCUT2D eigenvalue weighted by molar-refractivity contribution is 7.92. The van der Waals surface area contributed by atoms with Gasteiger partial charge in [0.1, 0.15) is 5.76 Å². The van der Waals surface area contributed by atoms with Crippen molar-refractivity contribution < 1.29 is 21.3 Å². The average molecular weight is 294 g/mol. The van der Waals surface area contributed by atoms with Crippen LogP contribution in [-0.4, -0.2) is 45.7 Å². The third-order valence-electron chi connectivity index (χ3n) is 2.74. The number of nitrogens with zero attached hydrogens (tertiary/aromatic N) is 1. The second-order valence-corrected chi connectivity index (χ2v) is 8.15.